The third-order valence-electron chi connectivity index (χ3n) is 4.65. The Hall–Kier alpha value is -2.34. The minimum Gasteiger partial charge on any atom is -0.352 e. The summed E-state index contributed by atoms with van der Waals surface area (Å²) in [5.41, 5.74) is 1.41. The summed E-state index contributed by atoms with van der Waals surface area (Å²) in [5, 5.41) is 2.90. The Morgan fingerprint density at radius 2 is 1.59 bits per heavy atom. The van der Waals surface area contributed by atoms with Crippen LogP contribution in [0.15, 0.2) is 59.5 Å². The van der Waals surface area contributed by atoms with Crippen molar-refractivity contribution in [2.24, 2.45) is 5.92 Å². The van der Waals surface area contributed by atoms with Crippen LogP contribution in [-0.2, 0) is 21.2 Å². The van der Waals surface area contributed by atoms with E-state index >= 15 is 0 Å². The summed E-state index contributed by atoms with van der Waals surface area (Å²) in [5.74, 6) is -0.0577. The first kappa shape index (κ1) is 21.0. The maximum Gasteiger partial charge on any atom is 0.264 e. The molecule has 1 N–H and O–H groups in total. The van der Waals surface area contributed by atoms with Crippen molar-refractivity contribution in [3.05, 3.63) is 60.2 Å². The second-order valence-corrected chi connectivity index (χ2v) is 8.77. The van der Waals surface area contributed by atoms with Gasteiger partial charge in [-0.25, -0.2) is 8.42 Å². The van der Waals surface area contributed by atoms with Gasteiger partial charge >= 0.3 is 0 Å². The highest BCUT2D eigenvalue weighted by Gasteiger charge is 2.28. The Kier molecular flexibility index (Phi) is 7.02. The van der Waals surface area contributed by atoms with Crippen molar-refractivity contribution in [3.8, 4) is 0 Å². The molecule has 0 saturated carbocycles. The van der Waals surface area contributed by atoms with Gasteiger partial charge in [0.15, 0.2) is 0 Å². The lowest BCUT2D eigenvalue weighted by Gasteiger charge is -2.27. The number of sulfonamides is 1. The normalized spacial score (nSPS) is 12.6. The van der Waals surface area contributed by atoms with Crippen LogP contribution in [0.4, 0.5) is 5.69 Å². The summed E-state index contributed by atoms with van der Waals surface area (Å²) in [7, 11) is -3.87. The lowest BCUT2D eigenvalue weighted by Crippen LogP contribution is -2.45. The predicted octanol–water partition coefficient (Wildman–Crippen LogP) is 3.61. The summed E-state index contributed by atoms with van der Waals surface area (Å²) >= 11 is 0. The maximum absolute atomic E-state index is 13.3. The van der Waals surface area contributed by atoms with Gasteiger partial charge in [-0.1, -0.05) is 57.2 Å². The Morgan fingerprint density at radius 1 is 1.00 bits per heavy atom. The molecule has 6 heteroatoms. The molecule has 0 bridgehead atoms. The third kappa shape index (κ3) is 5.10. The van der Waals surface area contributed by atoms with Gasteiger partial charge in [-0.05, 0) is 43.0 Å². The molecule has 0 unspecified atom stereocenters. The molecule has 2 aromatic rings. The highest BCUT2D eigenvalue weighted by molar-refractivity contribution is 7.92. The Morgan fingerprint density at radius 3 is 2.19 bits per heavy atom. The van der Waals surface area contributed by atoms with Crippen molar-refractivity contribution in [1.29, 1.82) is 0 Å². The molecule has 0 aromatic heterocycles. The van der Waals surface area contributed by atoms with Crippen LogP contribution in [0.5, 0.6) is 0 Å². The molecule has 0 saturated heterocycles. The molecule has 1 amide bonds. The second kappa shape index (κ2) is 9.04. The van der Waals surface area contributed by atoms with Crippen LogP contribution < -0.4 is 9.62 Å². The summed E-state index contributed by atoms with van der Waals surface area (Å²) in [6.07, 6.45) is 0.668. The zero-order chi connectivity index (χ0) is 20.0. The van der Waals surface area contributed by atoms with Gasteiger partial charge in [-0.15, -0.1) is 0 Å². The molecule has 0 radical (unpaired) electrons. The predicted molar refractivity (Wildman–Crippen MR) is 109 cm³/mol. The number of amides is 1. The lowest BCUT2D eigenvalue weighted by molar-refractivity contribution is -0.120. The first-order valence-electron chi connectivity index (χ1n) is 9.22. The van der Waals surface area contributed by atoms with E-state index < -0.39 is 10.0 Å². The van der Waals surface area contributed by atoms with E-state index in [-0.39, 0.29) is 29.3 Å². The van der Waals surface area contributed by atoms with Crippen molar-refractivity contribution in [2.75, 3.05) is 10.8 Å². The Labute approximate surface area is 162 Å². The van der Waals surface area contributed by atoms with Crippen molar-refractivity contribution < 1.29 is 13.2 Å². The molecule has 2 aromatic carbocycles. The fourth-order valence-electron chi connectivity index (χ4n) is 2.67. The summed E-state index contributed by atoms with van der Waals surface area (Å²) in [6, 6.07) is 15.5. The van der Waals surface area contributed by atoms with Crippen molar-refractivity contribution in [3.63, 3.8) is 0 Å². The summed E-state index contributed by atoms with van der Waals surface area (Å²) < 4.78 is 27.8. The number of para-hydroxylation sites is 1. The van der Waals surface area contributed by atoms with Gasteiger partial charge < -0.3 is 5.32 Å². The molecule has 0 aliphatic heterocycles. The number of nitrogens with one attached hydrogen (secondary N) is 1. The summed E-state index contributed by atoms with van der Waals surface area (Å²) in [4.78, 5) is 12.8. The number of hydrogen-bond donors (Lipinski definition) is 1. The maximum atomic E-state index is 13.3. The van der Waals surface area contributed by atoms with Gasteiger partial charge in [0, 0.05) is 6.04 Å². The van der Waals surface area contributed by atoms with Crippen LogP contribution >= 0.6 is 0 Å². The molecule has 0 fully saturated rings. The standard InChI is InChI=1S/C21H28N2O3S/c1-5-18-11-9-10-14-20(18)23(15-21(24)22-17(4)16(2)3)27(25,26)19-12-7-6-8-13-19/h6-14,16-17H,5,15H2,1-4H3,(H,22,24)/t17-/m1/s1. The number of hydrogen-bond acceptors (Lipinski definition) is 3. The Balaban J connectivity index is 2.45. The number of benzene rings is 2. The van der Waals surface area contributed by atoms with Crippen LogP contribution in [0.3, 0.4) is 0 Å². The highest BCUT2D eigenvalue weighted by atomic mass is 32.2. The van der Waals surface area contributed by atoms with E-state index in [9.17, 15) is 13.2 Å². The van der Waals surface area contributed by atoms with E-state index in [0.717, 1.165) is 5.56 Å². The van der Waals surface area contributed by atoms with Crippen LogP contribution in [0.2, 0.25) is 0 Å². The monoisotopic (exact) mass is 388 g/mol. The molecule has 0 aliphatic carbocycles. The fraction of sp³-hybridized carbons (Fsp3) is 0.381. The SMILES string of the molecule is CCc1ccccc1N(CC(=O)N[C@H](C)C(C)C)S(=O)(=O)c1ccccc1. The fourth-order valence-corrected chi connectivity index (χ4v) is 4.15. The number of aryl methyl sites for hydroxylation is 1. The van der Waals surface area contributed by atoms with E-state index in [4.69, 9.17) is 0 Å². The third-order valence-corrected chi connectivity index (χ3v) is 6.42. The van der Waals surface area contributed by atoms with Crippen LogP contribution in [0, 0.1) is 5.92 Å². The Bertz CT molecular complexity index is 864. The smallest absolute Gasteiger partial charge is 0.264 e. The van der Waals surface area contributed by atoms with Crippen LogP contribution in [0.1, 0.15) is 33.3 Å². The molecular formula is C21H28N2O3S. The number of carbonyl (C=O) groups is 1. The van der Waals surface area contributed by atoms with E-state index in [1.165, 1.54) is 4.31 Å². The molecular weight excluding hydrogens is 360 g/mol. The number of carbonyl (C=O) groups excluding carboxylic acids is 1. The van der Waals surface area contributed by atoms with Gasteiger partial charge in [0.05, 0.1) is 10.6 Å². The van der Waals surface area contributed by atoms with Crippen molar-refractivity contribution in [1.82, 2.24) is 5.32 Å². The van der Waals surface area contributed by atoms with Gasteiger partial charge in [0.1, 0.15) is 6.54 Å². The molecule has 1 atom stereocenters. The van der Waals surface area contributed by atoms with Gasteiger partial charge in [0.2, 0.25) is 5.91 Å². The van der Waals surface area contributed by atoms with Gasteiger partial charge in [-0.2, -0.15) is 0 Å². The number of anilines is 1. The molecule has 27 heavy (non-hydrogen) atoms. The zero-order valence-corrected chi connectivity index (χ0v) is 17.2. The van der Waals surface area contributed by atoms with Crippen LogP contribution in [0.25, 0.3) is 0 Å². The highest BCUT2D eigenvalue weighted by Crippen LogP contribution is 2.27. The van der Waals surface area contributed by atoms with E-state index in [1.54, 1.807) is 42.5 Å². The molecule has 0 aliphatic rings. The lowest BCUT2D eigenvalue weighted by atomic mass is 10.1. The number of rotatable bonds is 8. The van der Waals surface area contributed by atoms with Gasteiger partial charge in [0.25, 0.3) is 10.0 Å². The average Bonchev–Trinajstić information content (AvgIpc) is 2.66. The van der Waals surface area contributed by atoms with Crippen molar-refractivity contribution >= 4 is 21.6 Å². The molecule has 2 rings (SSSR count). The first-order chi connectivity index (χ1) is 12.8. The number of nitrogens with zero attached hydrogens (tertiary/aromatic N) is 1. The molecule has 0 spiro atoms. The zero-order valence-electron chi connectivity index (χ0n) is 16.3. The minimum absolute atomic E-state index is 0.0415. The minimum atomic E-state index is -3.87. The molecule has 146 valence electrons. The summed E-state index contributed by atoms with van der Waals surface area (Å²) in [6.45, 7) is 7.64. The molecule has 5 nitrogen and oxygen atoms in total. The van der Waals surface area contributed by atoms with E-state index in [0.29, 0.717) is 12.1 Å². The van der Waals surface area contributed by atoms with Crippen LogP contribution in [-0.4, -0.2) is 26.9 Å². The first-order valence-corrected chi connectivity index (χ1v) is 10.7. The average molecular weight is 389 g/mol. The van der Waals surface area contributed by atoms with E-state index in [2.05, 4.69) is 5.32 Å². The van der Waals surface area contributed by atoms with Crippen molar-refractivity contribution in [2.45, 2.75) is 45.1 Å². The quantitative estimate of drug-likeness (QED) is 0.751. The largest absolute Gasteiger partial charge is 0.352 e. The van der Waals surface area contributed by atoms with Gasteiger partial charge in [-0.3, -0.25) is 9.10 Å². The topological polar surface area (TPSA) is 66.5 Å². The molecule has 0 heterocycles. The second-order valence-electron chi connectivity index (χ2n) is 6.91. The van der Waals surface area contributed by atoms with E-state index in [1.807, 2.05) is 39.8 Å².